The summed E-state index contributed by atoms with van der Waals surface area (Å²) in [4.78, 5) is 2.28. The molecule has 2 aromatic carbocycles. The topological polar surface area (TPSA) is 54.0 Å². The highest BCUT2D eigenvalue weighted by atomic mass is 32.2. The molecule has 7 heteroatoms. The number of halogens is 1. The maximum Gasteiger partial charge on any atom is 0.161 e. The van der Waals surface area contributed by atoms with E-state index in [1.165, 1.54) is 12.1 Å². The second-order valence-corrected chi connectivity index (χ2v) is 8.32. The van der Waals surface area contributed by atoms with Crippen LogP contribution in [0.5, 0.6) is 11.5 Å². The third-order valence-corrected chi connectivity index (χ3v) is 5.75. The zero-order valence-corrected chi connectivity index (χ0v) is 17.6. The predicted molar refractivity (Wildman–Crippen MR) is 115 cm³/mol. The van der Waals surface area contributed by atoms with Gasteiger partial charge in [0, 0.05) is 44.2 Å². The van der Waals surface area contributed by atoms with Crippen LogP contribution in [0.2, 0.25) is 0 Å². The highest BCUT2D eigenvalue weighted by Gasteiger charge is 2.16. The van der Waals surface area contributed by atoms with Crippen molar-refractivity contribution in [1.82, 2.24) is 10.2 Å². The fourth-order valence-corrected chi connectivity index (χ4v) is 4.19. The Morgan fingerprint density at radius 1 is 1.07 bits per heavy atom. The van der Waals surface area contributed by atoms with Gasteiger partial charge in [-0.15, -0.1) is 0 Å². The third-order valence-electron chi connectivity index (χ3n) is 4.80. The Bertz CT molecular complexity index is 754. The molecule has 0 aromatic heterocycles. The van der Waals surface area contributed by atoms with Gasteiger partial charge in [-0.3, -0.25) is 4.90 Å². The van der Waals surface area contributed by atoms with E-state index in [1.807, 2.05) is 30.0 Å². The molecule has 2 aromatic rings. The van der Waals surface area contributed by atoms with Gasteiger partial charge >= 0.3 is 0 Å². The molecule has 1 saturated heterocycles. The van der Waals surface area contributed by atoms with E-state index in [1.54, 1.807) is 19.2 Å². The highest BCUT2D eigenvalue weighted by Crippen LogP contribution is 2.28. The number of nitrogens with zero attached hydrogens (tertiary/aromatic N) is 1. The van der Waals surface area contributed by atoms with Crippen molar-refractivity contribution < 1.29 is 19.0 Å². The first kappa shape index (κ1) is 21.9. The molecule has 1 heterocycles. The number of ether oxygens (including phenoxy) is 2. The van der Waals surface area contributed by atoms with Crippen molar-refractivity contribution in [3.63, 3.8) is 0 Å². The minimum absolute atomic E-state index is 0.228. The van der Waals surface area contributed by atoms with Crippen molar-refractivity contribution in [1.29, 1.82) is 0 Å². The van der Waals surface area contributed by atoms with Gasteiger partial charge in [-0.1, -0.05) is 18.2 Å². The fraction of sp³-hybridized carbons (Fsp3) is 0.455. The Kier molecular flexibility index (Phi) is 8.61. The van der Waals surface area contributed by atoms with Crippen LogP contribution < -0.4 is 14.8 Å². The Labute approximate surface area is 176 Å². The number of rotatable bonds is 10. The molecule has 1 aliphatic heterocycles. The van der Waals surface area contributed by atoms with Crippen LogP contribution in [0.4, 0.5) is 4.39 Å². The Balaban J connectivity index is 1.46. The quantitative estimate of drug-likeness (QED) is 0.617. The predicted octanol–water partition coefficient (Wildman–Crippen LogP) is 2.91. The molecule has 2 N–H and O–H groups in total. The summed E-state index contributed by atoms with van der Waals surface area (Å²) in [6.45, 7) is 4.22. The number of aliphatic hydroxyl groups excluding tert-OH is 1. The van der Waals surface area contributed by atoms with Crippen molar-refractivity contribution in [3.05, 3.63) is 59.4 Å². The molecule has 158 valence electrons. The maximum absolute atomic E-state index is 13.0. The lowest BCUT2D eigenvalue weighted by Crippen LogP contribution is -2.40. The number of methoxy groups -OCH3 is 1. The van der Waals surface area contributed by atoms with E-state index in [0.29, 0.717) is 31.1 Å². The normalized spacial score (nSPS) is 15.8. The average molecular weight is 421 g/mol. The number of hydrogen-bond donors (Lipinski definition) is 2. The molecule has 0 aliphatic carbocycles. The van der Waals surface area contributed by atoms with Gasteiger partial charge in [0.2, 0.25) is 0 Å². The summed E-state index contributed by atoms with van der Waals surface area (Å²) in [6.07, 6.45) is -0.528. The van der Waals surface area contributed by atoms with E-state index in [2.05, 4.69) is 10.2 Å². The summed E-state index contributed by atoms with van der Waals surface area (Å²) in [5, 5.41) is 13.6. The summed E-state index contributed by atoms with van der Waals surface area (Å²) >= 11 is 1.96. The Hall–Kier alpha value is -1.80. The zero-order valence-electron chi connectivity index (χ0n) is 16.8. The fourth-order valence-electron chi connectivity index (χ4n) is 3.22. The number of benzene rings is 2. The monoisotopic (exact) mass is 420 g/mol. The number of β-amino-alcohol motifs (C(OH)–C–C–N with tert-alkyl or cyclic N) is 1. The van der Waals surface area contributed by atoms with E-state index < -0.39 is 6.10 Å². The third kappa shape index (κ3) is 7.19. The van der Waals surface area contributed by atoms with Gasteiger partial charge in [0.05, 0.1) is 7.11 Å². The standard InChI is InChI=1S/C22H29FN2O3S/c1-27-22-12-18(14-24-13-17-2-5-19(23)6-3-17)4-7-21(22)28-16-20(26)15-25-8-10-29-11-9-25/h2-7,12,20,24,26H,8-11,13-16H2,1H3. The van der Waals surface area contributed by atoms with Crippen LogP contribution in [-0.4, -0.2) is 61.0 Å². The van der Waals surface area contributed by atoms with Crippen molar-refractivity contribution in [2.75, 3.05) is 44.9 Å². The molecular formula is C22H29FN2O3S. The van der Waals surface area contributed by atoms with Crippen LogP contribution in [-0.2, 0) is 13.1 Å². The largest absolute Gasteiger partial charge is 0.493 e. The minimum Gasteiger partial charge on any atom is -0.493 e. The van der Waals surface area contributed by atoms with E-state index in [-0.39, 0.29) is 12.4 Å². The molecule has 0 saturated carbocycles. The number of aliphatic hydroxyl groups is 1. The zero-order chi connectivity index (χ0) is 20.5. The lowest BCUT2D eigenvalue weighted by atomic mass is 10.2. The van der Waals surface area contributed by atoms with Crippen LogP contribution in [0.1, 0.15) is 11.1 Å². The summed E-state index contributed by atoms with van der Waals surface area (Å²) in [5.74, 6) is 3.29. The van der Waals surface area contributed by atoms with Crippen molar-refractivity contribution in [3.8, 4) is 11.5 Å². The van der Waals surface area contributed by atoms with Crippen LogP contribution >= 0.6 is 11.8 Å². The van der Waals surface area contributed by atoms with Crippen molar-refractivity contribution in [2.45, 2.75) is 19.2 Å². The molecule has 0 spiro atoms. The molecule has 0 bridgehead atoms. The highest BCUT2D eigenvalue weighted by molar-refractivity contribution is 7.99. The molecule has 3 rings (SSSR count). The number of nitrogens with one attached hydrogen (secondary N) is 1. The summed E-state index contributed by atoms with van der Waals surface area (Å²) in [5.41, 5.74) is 2.09. The average Bonchev–Trinajstić information content (AvgIpc) is 2.75. The van der Waals surface area contributed by atoms with Crippen LogP contribution in [0, 0.1) is 5.82 Å². The smallest absolute Gasteiger partial charge is 0.161 e. The molecule has 1 aliphatic rings. The van der Waals surface area contributed by atoms with E-state index in [4.69, 9.17) is 9.47 Å². The van der Waals surface area contributed by atoms with Gasteiger partial charge in [-0.05, 0) is 35.4 Å². The molecule has 0 radical (unpaired) electrons. The van der Waals surface area contributed by atoms with Gasteiger partial charge < -0.3 is 19.9 Å². The first-order valence-electron chi connectivity index (χ1n) is 9.87. The molecule has 0 amide bonds. The van der Waals surface area contributed by atoms with Crippen LogP contribution in [0.15, 0.2) is 42.5 Å². The summed E-state index contributed by atoms with van der Waals surface area (Å²) in [7, 11) is 1.61. The van der Waals surface area contributed by atoms with E-state index in [9.17, 15) is 9.50 Å². The van der Waals surface area contributed by atoms with Crippen molar-refractivity contribution >= 4 is 11.8 Å². The number of thioether (sulfide) groups is 1. The van der Waals surface area contributed by atoms with Gasteiger partial charge in [0.25, 0.3) is 0 Å². The SMILES string of the molecule is COc1cc(CNCc2ccc(F)cc2)ccc1OCC(O)CN1CCSCC1. The lowest BCUT2D eigenvalue weighted by Gasteiger charge is -2.28. The molecule has 1 fully saturated rings. The number of hydrogen-bond acceptors (Lipinski definition) is 6. The minimum atomic E-state index is -0.528. The maximum atomic E-state index is 13.0. The summed E-state index contributed by atoms with van der Waals surface area (Å²) in [6, 6.07) is 12.3. The molecular weight excluding hydrogens is 391 g/mol. The summed E-state index contributed by atoms with van der Waals surface area (Å²) < 4.78 is 24.2. The van der Waals surface area contributed by atoms with Gasteiger partial charge in [0.15, 0.2) is 11.5 Å². The second kappa shape index (κ2) is 11.4. The van der Waals surface area contributed by atoms with Crippen molar-refractivity contribution in [2.24, 2.45) is 0 Å². The second-order valence-electron chi connectivity index (χ2n) is 7.09. The Morgan fingerprint density at radius 3 is 2.48 bits per heavy atom. The van der Waals surface area contributed by atoms with Gasteiger partial charge in [0.1, 0.15) is 18.5 Å². The van der Waals surface area contributed by atoms with Gasteiger partial charge in [-0.25, -0.2) is 4.39 Å². The van der Waals surface area contributed by atoms with Gasteiger partial charge in [-0.2, -0.15) is 11.8 Å². The molecule has 29 heavy (non-hydrogen) atoms. The molecule has 1 unspecified atom stereocenters. The molecule has 5 nitrogen and oxygen atoms in total. The van der Waals surface area contributed by atoms with Crippen LogP contribution in [0.3, 0.4) is 0 Å². The van der Waals surface area contributed by atoms with E-state index >= 15 is 0 Å². The molecule has 1 atom stereocenters. The van der Waals surface area contributed by atoms with Crippen LogP contribution in [0.25, 0.3) is 0 Å². The van der Waals surface area contributed by atoms with E-state index in [0.717, 1.165) is 35.7 Å². The lowest BCUT2D eigenvalue weighted by molar-refractivity contribution is 0.0705. The first-order valence-corrected chi connectivity index (χ1v) is 11.0. The first-order chi connectivity index (χ1) is 14.1. The Morgan fingerprint density at radius 2 is 1.76 bits per heavy atom.